The fraction of sp³-hybridized carbons (Fsp3) is 0.556. The van der Waals surface area contributed by atoms with Gasteiger partial charge >= 0.3 is 0 Å². The molecule has 1 aliphatic carbocycles. The predicted octanol–water partition coefficient (Wildman–Crippen LogP) is 7.76. The zero-order valence-electron chi connectivity index (χ0n) is 19.5. The quantitative estimate of drug-likeness (QED) is 0.429. The van der Waals surface area contributed by atoms with Crippen LogP contribution in [-0.4, -0.2) is 21.6 Å². The molecule has 0 heterocycles. The van der Waals surface area contributed by atoms with Crippen LogP contribution in [-0.2, 0) is 0 Å². The van der Waals surface area contributed by atoms with Crippen LogP contribution >= 0.6 is 15.8 Å². The average molecular weight is 427 g/mol. The van der Waals surface area contributed by atoms with E-state index in [0.717, 1.165) is 17.2 Å². The monoisotopic (exact) mass is 426 g/mol. The molecule has 1 fully saturated rings. The summed E-state index contributed by atoms with van der Waals surface area (Å²) in [6, 6.07) is 22.8. The lowest BCUT2D eigenvalue weighted by Gasteiger charge is -2.49. The molecule has 0 aliphatic heterocycles. The fourth-order valence-electron chi connectivity index (χ4n) is 5.98. The number of benzene rings is 2. The molecular weight excluding hydrogens is 386 g/mol. The second-order valence-electron chi connectivity index (χ2n) is 10.7. The van der Waals surface area contributed by atoms with Crippen LogP contribution < -0.4 is 10.6 Å². The Labute approximate surface area is 182 Å². The van der Waals surface area contributed by atoms with Crippen LogP contribution in [0.5, 0.6) is 0 Å². The van der Waals surface area contributed by atoms with Gasteiger partial charge in [0.15, 0.2) is 0 Å². The third-order valence-corrected chi connectivity index (χ3v) is 13.5. The van der Waals surface area contributed by atoms with E-state index in [0.29, 0.717) is 10.3 Å². The highest BCUT2D eigenvalue weighted by Crippen LogP contribution is 2.67. The molecule has 0 spiro atoms. The molecule has 0 nitrogen and oxygen atoms in total. The van der Waals surface area contributed by atoms with Crippen molar-refractivity contribution in [2.45, 2.75) is 89.4 Å². The molecule has 2 aromatic rings. The van der Waals surface area contributed by atoms with Crippen molar-refractivity contribution in [1.29, 1.82) is 0 Å². The Balaban J connectivity index is 2.00. The Morgan fingerprint density at radius 3 is 1.59 bits per heavy atom. The van der Waals surface area contributed by atoms with E-state index in [2.05, 4.69) is 109 Å². The van der Waals surface area contributed by atoms with Gasteiger partial charge in [-0.05, 0) is 58.9 Å². The van der Waals surface area contributed by atoms with Crippen molar-refractivity contribution in [2.75, 3.05) is 0 Å². The van der Waals surface area contributed by atoms with Crippen LogP contribution in [0.25, 0.3) is 0 Å². The minimum absolute atomic E-state index is 0.0938. The molecule has 3 atom stereocenters. The van der Waals surface area contributed by atoms with Gasteiger partial charge in [-0.1, -0.05) is 123 Å². The second kappa shape index (κ2) is 9.20. The molecule has 1 aliphatic rings. The first-order valence-corrected chi connectivity index (χ1v) is 14.1. The predicted molar refractivity (Wildman–Crippen MR) is 136 cm³/mol. The summed E-state index contributed by atoms with van der Waals surface area (Å²) in [4.78, 5) is 0. The molecule has 29 heavy (non-hydrogen) atoms. The smallest absolute Gasteiger partial charge is 0.00945 e. The van der Waals surface area contributed by atoms with E-state index in [4.69, 9.17) is 0 Å². The molecule has 158 valence electrons. The van der Waals surface area contributed by atoms with E-state index < -0.39 is 0 Å². The zero-order chi connectivity index (χ0) is 21.2. The summed E-state index contributed by atoms with van der Waals surface area (Å²) in [5.74, 6) is 0.839. The third-order valence-electron chi connectivity index (χ3n) is 6.40. The van der Waals surface area contributed by atoms with Crippen LogP contribution in [0.3, 0.4) is 0 Å². The van der Waals surface area contributed by atoms with Crippen molar-refractivity contribution in [1.82, 2.24) is 0 Å². The molecule has 0 aromatic heterocycles. The van der Waals surface area contributed by atoms with Crippen LogP contribution in [0.1, 0.15) is 67.7 Å². The topological polar surface area (TPSA) is 0 Å². The van der Waals surface area contributed by atoms with Gasteiger partial charge in [-0.2, -0.15) is 0 Å². The summed E-state index contributed by atoms with van der Waals surface area (Å²) >= 11 is 0. The lowest BCUT2D eigenvalue weighted by molar-refractivity contribution is 0.527. The van der Waals surface area contributed by atoms with Gasteiger partial charge in [0.1, 0.15) is 0 Å². The van der Waals surface area contributed by atoms with E-state index in [1.807, 2.05) is 0 Å². The van der Waals surface area contributed by atoms with Crippen molar-refractivity contribution in [3.8, 4) is 0 Å². The van der Waals surface area contributed by atoms with Gasteiger partial charge < -0.3 is 0 Å². The van der Waals surface area contributed by atoms with Crippen LogP contribution in [0.2, 0.25) is 0 Å². The van der Waals surface area contributed by atoms with Crippen molar-refractivity contribution >= 4 is 26.5 Å². The highest BCUT2D eigenvalue weighted by Gasteiger charge is 2.46. The standard InChI is InChI=1S/C27H40P2/c1-21(29(26(2,3)4)27(5,6)7)24-19-14-20-25(24)28(22-15-10-8-11-16-22)23-17-12-9-13-18-23/h8-13,15-18,21,24-25H,14,19-20H2,1-7H3/t21-,24?,25+/m1/s1. The van der Waals surface area contributed by atoms with E-state index in [1.54, 1.807) is 10.6 Å². The molecule has 0 radical (unpaired) electrons. The van der Waals surface area contributed by atoms with Crippen molar-refractivity contribution in [3.05, 3.63) is 60.7 Å². The van der Waals surface area contributed by atoms with Crippen LogP contribution in [0.15, 0.2) is 60.7 Å². The summed E-state index contributed by atoms with van der Waals surface area (Å²) in [6.07, 6.45) is 4.20. The summed E-state index contributed by atoms with van der Waals surface area (Å²) in [7, 11) is -0.404. The summed E-state index contributed by atoms with van der Waals surface area (Å²) < 4.78 is 0. The van der Waals surface area contributed by atoms with Gasteiger partial charge in [0.05, 0.1) is 0 Å². The van der Waals surface area contributed by atoms with Crippen molar-refractivity contribution in [2.24, 2.45) is 5.92 Å². The van der Waals surface area contributed by atoms with Crippen LogP contribution in [0, 0.1) is 5.92 Å². The summed E-state index contributed by atoms with van der Waals surface area (Å²) in [5, 5.41) is 3.91. The molecule has 1 saturated carbocycles. The van der Waals surface area contributed by atoms with Crippen molar-refractivity contribution in [3.63, 3.8) is 0 Å². The maximum absolute atomic E-state index is 2.61. The lowest BCUT2D eigenvalue weighted by atomic mass is 10.0. The highest BCUT2D eigenvalue weighted by atomic mass is 31.1. The Morgan fingerprint density at radius 1 is 0.724 bits per heavy atom. The minimum atomic E-state index is -0.310. The second-order valence-corrected chi connectivity index (χ2v) is 17.3. The molecule has 0 amide bonds. The zero-order valence-corrected chi connectivity index (χ0v) is 21.3. The lowest BCUT2D eigenvalue weighted by Crippen LogP contribution is -2.37. The van der Waals surface area contributed by atoms with Crippen molar-refractivity contribution < 1.29 is 0 Å². The number of hydrogen-bond acceptors (Lipinski definition) is 0. The first kappa shape index (κ1) is 23.0. The van der Waals surface area contributed by atoms with Gasteiger partial charge in [0, 0.05) is 0 Å². The molecule has 2 aromatic carbocycles. The van der Waals surface area contributed by atoms with Gasteiger partial charge in [0.25, 0.3) is 0 Å². The van der Waals surface area contributed by atoms with E-state index >= 15 is 0 Å². The normalized spacial score (nSPS) is 21.7. The Hall–Kier alpha value is -0.700. The van der Waals surface area contributed by atoms with Gasteiger partial charge in [-0.25, -0.2) is 0 Å². The Kier molecular flexibility index (Phi) is 7.29. The van der Waals surface area contributed by atoms with E-state index in [-0.39, 0.29) is 15.8 Å². The Morgan fingerprint density at radius 2 is 1.17 bits per heavy atom. The van der Waals surface area contributed by atoms with Gasteiger partial charge in [0.2, 0.25) is 0 Å². The molecule has 3 rings (SSSR count). The maximum atomic E-state index is 2.61. The Bertz CT molecular complexity index is 701. The van der Waals surface area contributed by atoms with E-state index in [9.17, 15) is 0 Å². The SMILES string of the molecule is C[C@H](C1CCC[C@@H]1P(c1ccccc1)c1ccccc1)P(C(C)(C)C)C(C)(C)C. The average Bonchev–Trinajstić information content (AvgIpc) is 3.11. The van der Waals surface area contributed by atoms with Gasteiger partial charge in [-0.15, -0.1) is 0 Å². The molecule has 0 bridgehead atoms. The minimum Gasteiger partial charge on any atom is -0.0924 e. The highest BCUT2D eigenvalue weighted by molar-refractivity contribution is 7.73. The molecular formula is C27H40P2. The van der Waals surface area contributed by atoms with Crippen LogP contribution in [0.4, 0.5) is 0 Å². The molecule has 0 saturated heterocycles. The van der Waals surface area contributed by atoms with E-state index in [1.165, 1.54) is 19.3 Å². The first-order valence-electron chi connectivity index (χ1n) is 11.3. The summed E-state index contributed by atoms with van der Waals surface area (Å²) in [6.45, 7) is 17.5. The molecule has 2 heteroatoms. The molecule has 0 N–H and O–H groups in total. The number of rotatable bonds is 5. The fourth-order valence-corrected chi connectivity index (χ4v) is 14.6. The largest absolute Gasteiger partial charge is 0.0924 e. The van der Waals surface area contributed by atoms with Gasteiger partial charge in [-0.3, -0.25) is 0 Å². The third kappa shape index (κ3) is 5.32. The molecule has 1 unspecified atom stereocenters. The number of hydrogen-bond donors (Lipinski definition) is 0. The first-order chi connectivity index (χ1) is 13.6. The maximum Gasteiger partial charge on any atom is -0.00945 e. The summed E-state index contributed by atoms with van der Waals surface area (Å²) in [5.41, 5.74) is 1.61.